The van der Waals surface area contributed by atoms with Gasteiger partial charge in [-0.3, -0.25) is 4.79 Å². The van der Waals surface area contributed by atoms with Gasteiger partial charge >= 0.3 is 5.97 Å². The lowest BCUT2D eigenvalue weighted by Gasteiger charge is -2.38. The van der Waals surface area contributed by atoms with Crippen molar-refractivity contribution in [1.29, 1.82) is 0 Å². The highest BCUT2D eigenvalue weighted by atomic mass is 16.4. The third-order valence-electron chi connectivity index (χ3n) is 3.64. The number of aliphatic hydroxyl groups excluding tert-OH is 2. The summed E-state index contributed by atoms with van der Waals surface area (Å²) in [5.74, 6) is -0.806. The first kappa shape index (κ1) is 13.5. The summed E-state index contributed by atoms with van der Waals surface area (Å²) in [4.78, 5) is 10.9. The van der Waals surface area contributed by atoms with E-state index in [2.05, 4.69) is 0 Å². The monoisotopic (exact) mass is 230 g/mol. The quantitative estimate of drug-likeness (QED) is 0.669. The van der Waals surface area contributed by atoms with Crippen LogP contribution in [0.25, 0.3) is 0 Å². The van der Waals surface area contributed by atoms with Gasteiger partial charge in [0.25, 0.3) is 0 Å². The van der Waals surface area contributed by atoms with Crippen LogP contribution in [0.15, 0.2) is 0 Å². The van der Waals surface area contributed by atoms with E-state index >= 15 is 0 Å². The van der Waals surface area contributed by atoms with Crippen molar-refractivity contribution in [2.45, 2.75) is 64.1 Å². The minimum absolute atomic E-state index is 0.108. The molecule has 1 saturated carbocycles. The molecule has 0 aromatic heterocycles. The Morgan fingerprint density at radius 1 is 1.25 bits per heavy atom. The predicted molar refractivity (Wildman–Crippen MR) is 60.1 cm³/mol. The molecule has 2 atom stereocenters. The Bertz CT molecular complexity index is 231. The van der Waals surface area contributed by atoms with Crippen LogP contribution in [0.1, 0.15) is 51.9 Å². The summed E-state index contributed by atoms with van der Waals surface area (Å²) in [6.07, 6.45) is 3.82. The van der Waals surface area contributed by atoms with Gasteiger partial charge in [-0.15, -0.1) is 0 Å². The highest BCUT2D eigenvalue weighted by molar-refractivity contribution is 5.67. The second-order valence-electron chi connectivity index (χ2n) is 5.14. The molecule has 0 radical (unpaired) electrons. The van der Waals surface area contributed by atoms with Gasteiger partial charge in [-0.1, -0.05) is 19.3 Å². The number of carbonyl (C=O) groups is 1. The molecule has 3 N–H and O–H groups in total. The number of aliphatic hydroxyl groups is 2. The standard InChI is InChI=1S/C12H22O4/c1-9(13)10(14)7-12(8-11(15)16)5-3-2-4-6-12/h9-10,13-14H,2-8H2,1H3,(H,15,16). The van der Waals surface area contributed by atoms with Crippen molar-refractivity contribution in [3.05, 3.63) is 0 Å². The van der Waals surface area contributed by atoms with Crippen LogP contribution in [0.3, 0.4) is 0 Å². The Morgan fingerprint density at radius 2 is 1.81 bits per heavy atom. The number of carboxylic acids is 1. The Kier molecular flexibility index (Phi) is 4.74. The summed E-state index contributed by atoms with van der Waals surface area (Å²) < 4.78 is 0. The molecule has 0 saturated heterocycles. The molecule has 0 aromatic carbocycles. The van der Waals surface area contributed by atoms with Crippen LogP contribution < -0.4 is 0 Å². The summed E-state index contributed by atoms with van der Waals surface area (Å²) >= 11 is 0. The lowest BCUT2D eigenvalue weighted by molar-refractivity contribution is -0.141. The van der Waals surface area contributed by atoms with E-state index in [-0.39, 0.29) is 11.8 Å². The van der Waals surface area contributed by atoms with Gasteiger partial charge in [0.1, 0.15) is 0 Å². The Balaban J connectivity index is 2.65. The minimum atomic E-state index is -0.808. The summed E-state index contributed by atoms with van der Waals surface area (Å²) in [5.41, 5.74) is -0.305. The molecule has 4 nitrogen and oxygen atoms in total. The van der Waals surface area contributed by atoms with Crippen LogP contribution in [0, 0.1) is 5.41 Å². The molecule has 1 rings (SSSR count). The number of aliphatic carboxylic acids is 1. The van der Waals surface area contributed by atoms with E-state index in [0.717, 1.165) is 32.1 Å². The molecule has 1 aliphatic carbocycles. The average Bonchev–Trinajstić information content (AvgIpc) is 2.17. The van der Waals surface area contributed by atoms with Gasteiger partial charge < -0.3 is 15.3 Å². The minimum Gasteiger partial charge on any atom is -0.481 e. The molecule has 16 heavy (non-hydrogen) atoms. The van der Waals surface area contributed by atoms with E-state index in [1.54, 1.807) is 6.92 Å². The van der Waals surface area contributed by atoms with Gasteiger partial charge in [-0.05, 0) is 31.6 Å². The van der Waals surface area contributed by atoms with Crippen LogP contribution in [0.2, 0.25) is 0 Å². The van der Waals surface area contributed by atoms with E-state index in [1.165, 1.54) is 0 Å². The van der Waals surface area contributed by atoms with Gasteiger partial charge in [0.05, 0.1) is 18.6 Å². The van der Waals surface area contributed by atoms with Crippen molar-refractivity contribution in [2.24, 2.45) is 5.41 Å². The summed E-state index contributed by atoms with van der Waals surface area (Å²) in [7, 11) is 0. The van der Waals surface area contributed by atoms with Crippen molar-refractivity contribution >= 4 is 5.97 Å². The summed E-state index contributed by atoms with van der Waals surface area (Å²) in [5, 5.41) is 28.0. The largest absolute Gasteiger partial charge is 0.481 e. The Labute approximate surface area is 96.3 Å². The Hall–Kier alpha value is -0.610. The lowest BCUT2D eigenvalue weighted by atomic mass is 9.68. The molecule has 1 aliphatic rings. The maximum atomic E-state index is 10.9. The second-order valence-corrected chi connectivity index (χ2v) is 5.14. The van der Waals surface area contributed by atoms with Crippen LogP contribution in [0.5, 0.6) is 0 Å². The fourth-order valence-electron chi connectivity index (χ4n) is 2.69. The van der Waals surface area contributed by atoms with E-state index in [1.807, 2.05) is 0 Å². The molecule has 0 aliphatic heterocycles. The molecule has 0 aromatic rings. The molecule has 94 valence electrons. The maximum absolute atomic E-state index is 10.9. The molecule has 1 fully saturated rings. The first-order valence-electron chi connectivity index (χ1n) is 6.03. The van der Waals surface area contributed by atoms with Crippen molar-refractivity contribution in [3.63, 3.8) is 0 Å². The first-order chi connectivity index (χ1) is 7.45. The van der Waals surface area contributed by atoms with Crippen molar-refractivity contribution in [1.82, 2.24) is 0 Å². The zero-order valence-electron chi connectivity index (χ0n) is 9.85. The molecular formula is C12H22O4. The molecule has 0 spiro atoms. The highest BCUT2D eigenvalue weighted by Crippen LogP contribution is 2.43. The van der Waals surface area contributed by atoms with E-state index in [4.69, 9.17) is 5.11 Å². The van der Waals surface area contributed by atoms with E-state index in [0.29, 0.717) is 6.42 Å². The van der Waals surface area contributed by atoms with Crippen LogP contribution in [-0.4, -0.2) is 33.5 Å². The maximum Gasteiger partial charge on any atom is 0.303 e. The molecular weight excluding hydrogens is 208 g/mol. The highest BCUT2D eigenvalue weighted by Gasteiger charge is 2.37. The lowest BCUT2D eigenvalue weighted by Crippen LogP contribution is -2.35. The fourth-order valence-corrected chi connectivity index (χ4v) is 2.69. The zero-order chi connectivity index (χ0) is 12.2. The van der Waals surface area contributed by atoms with Crippen LogP contribution in [0.4, 0.5) is 0 Å². The van der Waals surface area contributed by atoms with Crippen molar-refractivity contribution in [3.8, 4) is 0 Å². The summed E-state index contributed by atoms with van der Waals surface area (Å²) in [6, 6.07) is 0. The van der Waals surface area contributed by atoms with Crippen LogP contribution in [-0.2, 0) is 4.79 Å². The van der Waals surface area contributed by atoms with Gasteiger partial charge in [-0.2, -0.15) is 0 Å². The van der Waals surface area contributed by atoms with E-state index < -0.39 is 18.2 Å². The third kappa shape index (κ3) is 3.76. The molecule has 0 bridgehead atoms. The Morgan fingerprint density at radius 3 is 2.25 bits per heavy atom. The smallest absolute Gasteiger partial charge is 0.303 e. The van der Waals surface area contributed by atoms with Gasteiger partial charge in [-0.25, -0.2) is 0 Å². The van der Waals surface area contributed by atoms with Crippen molar-refractivity contribution in [2.75, 3.05) is 0 Å². The number of rotatable bonds is 5. The number of carboxylic acid groups (broad SMARTS) is 1. The first-order valence-corrected chi connectivity index (χ1v) is 6.03. The van der Waals surface area contributed by atoms with Gasteiger partial charge in [0.15, 0.2) is 0 Å². The second kappa shape index (κ2) is 5.64. The molecule has 0 heterocycles. The predicted octanol–water partition coefficient (Wildman–Crippen LogP) is 1.54. The zero-order valence-corrected chi connectivity index (χ0v) is 9.85. The SMILES string of the molecule is CC(O)C(O)CC1(CC(=O)O)CCCCC1. The van der Waals surface area contributed by atoms with Gasteiger partial charge in [0.2, 0.25) is 0 Å². The van der Waals surface area contributed by atoms with E-state index in [9.17, 15) is 15.0 Å². The summed E-state index contributed by atoms with van der Waals surface area (Å²) in [6.45, 7) is 1.54. The van der Waals surface area contributed by atoms with Crippen LogP contribution >= 0.6 is 0 Å². The average molecular weight is 230 g/mol. The normalized spacial score (nSPS) is 23.7. The molecule has 0 amide bonds. The third-order valence-corrected chi connectivity index (χ3v) is 3.64. The number of hydrogen-bond donors (Lipinski definition) is 3. The fraction of sp³-hybridized carbons (Fsp3) is 0.917. The topological polar surface area (TPSA) is 77.8 Å². The molecule has 4 heteroatoms. The van der Waals surface area contributed by atoms with Crippen molar-refractivity contribution < 1.29 is 20.1 Å². The number of hydrogen-bond acceptors (Lipinski definition) is 3. The molecule has 2 unspecified atom stereocenters. The van der Waals surface area contributed by atoms with Gasteiger partial charge in [0, 0.05) is 0 Å².